The Hall–Kier alpha value is -1.32. The Kier molecular flexibility index (Phi) is 4.10. The molecule has 0 saturated heterocycles. The Balaban J connectivity index is 2.83. The zero-order valence-electron chi connectivity index (χ0n) is 9.73. The van der Waals surface area contributed by atoms with Gasteiger partial charge in [0.2, 0.25) is 0 Å². The van der Waals surface area contributed by atoms with E-state index in [9.17, 15) is 9.59 Å². The number of carbonyl (C=O) groups excluding carboxylic acids is 1. The summed E-state index contributed by atoms with van der Waals surface area (Å²) in [6.07, 6.45) is 1.10. The molecule has 4 heteroatoms. The van der Waals surface area contributed by atoms with Crippen LogP contribution in [0.1, 0.15) is 26.7 Å². The first-order valence-electron chi connectivity index (χ1n) is 5.53. The second kappa shape index (κ2) is 5.14. The summed E-state index contributed by atoms with van der Waals surface area (Å²) in [5.74, 6) is -2.25. The van der Waals surface area contributed by atoms with Gasteiger partial charge in [0.25, 0.3) is 0 Å². The van der Waals surface area contributed by atoms with E-state index < -0.39 is 11.9 Å². The van der Waals surface area contributed by atoms with Crippen molar-refractivity contribution in [1.29, 1.82) is 0 Å². The van der Waals surface area contributed by atoms with Crippen molar-refractivity contribution in [3.8, 4) is 0 Å². The maximum absolute atomic E-state index is 11.7. The predicted octanol–water partition coefficient (Wildman–Crippen LogP) is 1.85. The maximum Gasteiger partial charge on any atom is 0.309 e. The average molecular weight is 226 g/mol. The first kappa shape index (κ1) is 12.7. The van der Waals surface area contributed by atoms with Crippen molar-refractivity contribution < 1.29 is 19.4 Å². The fourth-order valence-electron chi connectivity index (χ4n) is 2.48. The van der Waals surface area contributed by atoms with E-state index in [1.165, 1.54) is 0 Å². The second-order valence-electron chi connectivity index (χ2n) is 4.25. The van der Waals surface area contributed by atoms with Crippen molar-refractivity contribution in [3.63, 3.8) is 0 Å². The molecule has 0 aromatic carbocycles. The molecular formula is C12H18O4. The topological polar surface area (TPSA) is 63.6 Å². The molecule has 0 heterocycles. The number of hydrogen-bond donors (Lipinski definition) is 1. The zero-order valence-corrected chi connectivity index (χ0v) is 9.73. The minimum Gasteiger partial charge on any atom is -0.481 e. The quantitative estimate of drug-likeness (QED) is 0.587. The first-order valence-corrected chi connectivity index (χ1v) is 5.53. The van der Waals surface area contributed by atoms with Gasteiger partial charge in [0.15, 0.2) is 0 Å². The molecule has 0 aliphatic heterocycles. The maximum atomic E-state index is 11.7. The number of allylic oxidation sites excluding steroid dienone is 1. The fourth-order valence-corrected chi connectivity index (χ4v) is 2.48. The lowest BCUT2D eigenvalue weighted by Crippen LogP contribution is -2.28. The lowest BCUT2D eigenvalue weighted by atomic mass is 9.84. The van der Waals surface area contributed by atoms with E-state index in [2.05, 4.69) is 6.58 Å². The summed E-state index contributed by atoms with van der Waals surface area (Å²) in [6, 6.07) is 0. The molecule has 0 aromatic heterocycles. The molecular weight excluding hydrogens is 208 g/mol. The van der Waals surface area contributed by atoms with Gasteiger partial charge < -0.3 is 9.84 Å². The van der Waals surface area contributed by atoms with Crippen molar-refractivity contribution >= 4 is 11.9 Å². The molecule has 1 fully saturated rings. The normalized spacial score (nSPS) is 28.8. The summed E-state index contributed by atoms with van der Waals surface area (Å²) in [5.41, 5.74) is 0.753. The van der Waals surface area contributed by atoms with Crippen LogP contribution in [-0.2, 0) is 14.3 Å². The lowest BCUT2D eigenvalue weighted by Gasteiger charge is -2.21. The van der Waals surface area contributed by atoms with Gasteiger partial charge in [0.05, 0.1) is 18.4 Å². The highest BCUT2D eigenvalue weighted by atomic mass is 16.5. The van der Waals surface area contributed by atoms with Crippen LogP contribution in [0.4, 0.5) is 0 Å². The smallest absolute Gasteiger partial charge is 0.309 e. The molecule has 1 N–H and O–H groups in total. The Morgan fingerprint density at radius 3 is 2.38 bits per heavy atom. The summed E-state index contributed by atoms with van der Waals surface area (Å²) in [4.78, 5) is 22.7. The number of carbonyl (C=O) groups is 2. The SMILES string of the molecule is C=C(C)[C@@H]1[C@H](C(=O)O)CC[C@H]1C(=O)OCC. The minimum absolute atomic E-state index is 0.281. The zero-order chi connectivity index (χ0) is 12.3. The van der Waals surface area contributed by atoms with Crippen molar-refractivity contribution in [2.75, 3.05) is 6.61 Å². The van der Waals surface area contributed by atoms with Crippen LogP contribution in [0.3, 0.4) is 0 Å². The van der Waals surface area contributed by atoms with Crippen molar-refractivity contribution in [2.45, 2.75) is 26.7 Å². The molecule has 16 heavy (non-hydrogen) atoms. The third kappa shape index (κ3) is 2.43. The van der Waals surface area contributed by atoms with Crippen LogP contribution in [0.25, 0.3) is 0 Å². The number of esters is 1. The molecule has 0 spiro atoms. The monoisotopic (exact) mass is 226 g/mol. The largest absolute Gasteiger partial charge is 0.481 e. The molecule has 90 valence electrons. The van der Waals surface area contributed by atoms with Gasteiger partial charge in [-0.05, 0) is 26.7 Å². The number of carboxylic acid groups (broad SMARTS) is 1. The second-order valence-corrected chi connectivity index (χ2v) is 4.25. The van der Waals surface area contributed by atoms with E-state index in [0.29, 0.717) is 19.4 Å². The molecule has 1 rings (SSSR count). The molecule has 1 aliphatic rings. The van der Waals surface area contributed by atoms with Crippen LogP contribution in [0, 0.1) is 17.8 Å². The summed E-state index contributed by atoms with van der Waals surface area (Å²) >= 11 is 0. The van der Waals surface area contributed by atoms with Gasteiger partial charge in [0.1, 0.15) is 0 Å². The molecule has 0 radical (unpaired) electrons. The van der Waals surface area contributed by atoms with Crippen molar-refractivity contribution in [1.82, 2.24) is 0 Å². The molecule has 0 bridgehead atoms. The fraction of sp³-hybridized carbons (Fsp3) is 0.667. The number of ether oxygens (including phenoxy) is 1. The number of rotatable bonds is 4. The van der Waals surface area contributed by atoms with Gasteiger partial charge in [-0.25, -0.2) is 0 Å². The van der Waals surface area contributed by atoms with Gasteiger partial charge in [-0.3, -0.25) is 9.59 Å². The van der Waals surface area contributed by atoms with Crippen LogP contribution in [0.2, 0.25) is 0 Å². The van der Waals surface area contributed by atoms with Crippen LogP contribution in [0.5, 0.6) is 0 Å². The van der Waals surface area contributed by atoms with E-state index >= 15 is 0 Å². The molecule has 0 unspecified atom stereocenters. The van der Waals surface area contributed by atoms with E-state index in [0.717, 1.165) is 5.57 Å². The molecule has 0 aromatic rings. The minimum atomic E-state index is -0.847. The molecule has 0 amide bonds. The van der Waals surface area contributed by atoms with Crippen LogP contribution < -0.4 is 0 Å². The highest BCUT2D eigenvalue weighted by Crippen LogP contribution is 2.41. The molecule has 1 aliphatic carbocycles. The summed E-state index contributed by atoms with van der Waals surface area (Å²) in [5, 5.41) is 9.07. The molecule has 3 atom stereocenters. The number of aliphatic carboxylic acids is 1. The van der Waals surface area contributed by atoms with Crippen LogP contribution in [0.15, 0.2) is 12.2 Å². The third-order valence-electron chi connectivity index (χ3n) is 3.13. The van der Waals surface area contributed by atoms with E-state index in [1.54, 1.807) is 13.8 Å². The Labute approximate surface area is 95.3 Å². The lowest BCUT2D eigenvalue weighted by molar-refractivity contribution is -0.149. The molecule has 4 nitrogen and oxygen atoms in total. The van der Waals surface area contributed by atoms with Crippen molar-refractivity contribution in [3.05, 3.63) is 12.2 Å². The van der Waals surface area contributed by atoms with Gasteiger partial charge in [-0.15, -0.1) is 0 Å². The van der Waals surface area contributed by atoms with Crippen molar-refractivity contribution in [2.24, 2.45) is 17.8 Å². The van der Waals surface area contributed by atoms with E-state index in [1.807, 2.05) is 0 Å². The van der Waals surface area contributed by atoms with Gasteiger partial charge in [-0.2, -0.15) is 0 Å². The highest BCUT2D eigenvalue weighted by molar-refractivity contribution is 5.78. The number of carboxylic acids is 1. The van der Waals surface area contributed by atoms with E-state index in [4.69, 9.17) is 9.84 Å². The summed E-state index contributed by atoms with van der Waals surface area (Å²) in [6.45, 7) is 7.64. The predicted molar refractivity (Wildman–Crippen MR) is 58.8 cm³/mol. The van der Waals surface area contributed by atoms with Crippen LogP contribution >= 0.6 is 0 Å². The molecule has 1 saturated carbocycles. The van der Waals surface area contributed by atoms with Gasteiger partial charge in [0, 0.05) is 5.92 Å². The Morgan fingerprint density at radius 1 is 1.38 bits per heavy atom. The Morgan fingerprint density at radius 2 is 1.94 bits per heavy atom. The van der Waals surface area contributed by atoms with Crippen LogP contribution in [-0.4, -0.2) is 23.7 Å². The Bertz CT molecular complexity index is 308. The third-order valence-corrected chi connectivity index (χ3v) is 3.13. The van der Waals surface area contributed by atoms with E-state index in [-0.39, 0.29) is 17.8 Å². The first-order chi connectivity index (χ1) is 7.49. The van der Waals surface area contributed by atoms with Gasteiger partial charge in [-0.1, -0.05) is 12.2 Å². The standard InChI is InChI=1S/C12H18O4/c1-4-16-12(15)9-6-5-8(11(13)14)10(9)7(2)3/h8-10H,2,4-6H2,1,3H3,(H,13,14)/t8-,9-,10-/m1/s1. The highest BCUT2D eigenvalue weighted by Gasteiger charge is 2.44. The summed E-state index contributed by atoms with van der Waals surface area (Å²) < 4.78 is 4.96. The average Bonchev–Trinajstić information content (AvgIpc) is 2.61. The number of hydrogen-bond acceptors (Lipinski definition) is 3. The summed E-state index contributed by atoms with van der Waals surface area (Å²) in [7, 11) is 0. The van der Waals surface area contributed by atoms with Gasteiger partial charge >= 0.3 is 11.9 Å².